The van der Waals surface area contributed by atoms with Crippen molar-refractivity contribution in [2.45, 2.75) is 39.7 Å². The van der Waals surface area contributed by atoms with Crippen LogP contribution in [0.3, 0.4) is 0 Å². The van der Waals surface area contributed by atoms with Crippen LogP contribution in [0.25, 0.3) is 28.0 Å². The third kappa shape index (κ3) is 4.81. The first kappa shape index (κ1) is 26.6. The van der Waals surface area contributed by atoms with Gasteiger partial charge < -0.3 is 9.80 Å². The summed E-state index contributed by atoms with van der Waals surface area (Å²) in [4.78, 5) is 43.9. The van der Waals surface area contributed by atoms with Gasteiger partial charge in [-0.15, -0.1) is 0 Å². The Morgan fingerprint density at radius 2 is 1.87 bits per heavy atom. The number of aromatic nitrogens is 4. The molecule has 0 unspecified atom stereocenters. The molecule has 4 heterocycles. The number of carbonyl (C=O) groups excluding carboxylic acids is 1. The van der Waals surface area contributed by atoms with Crippen LogP contribution in [-0.2, 0) is 17.6 Å². The number of amides is 1. The van der Waals surface area contributed by atoms with Crippen molar-refractivity contribution in [3.8, 4) is 16.9 Å². The van der Waals surface area contributed by atoms with Crippen LogP contribution < -0.4 is 10.6 Å². The molecule has 1 amide bonds. The fraction of sp³-hybridized carbons (Fsp3) is 0.300. The number of benzene rings is 1. The normalized spacial score (nSPS) is 15.5. The van der Waals surface area contributed by atoms with Crippen molar-refractivity contribution in [3.63, 3.8) is 0 Å². The Labute approximate surface area is 232 Å². The number of pyridine rings is 2. The summed E-state index contributed by atoms with van der Waals surface area (Å²) in [6, 6.07) is 11.6. The number of hydrogen-bond acceptors (Lipinski definition) is 6. The van der Waals surface area contributed by atoms with Crippen LogP contribution in [0.4, 0.5) is 5.82 Å². The lowest BCUT2D eigenvalue weighted by atomic mass is 10.0. The Bertz CT molecular complexity index is 1600. The Balaban J connectivity index is 1.79. The summed E-state index contributed by atoms with van der Waals surface area (Å²) in [5.41, 5.74) is 4.28. The van der Waals surface area contributed by atoms with Crippen LogP contribution in [0.5, 0.6) is 0 Å². The molecule has 0 saturated carbocycles. The maximum atomic E-state index is 14.0. The lowest BCUT2D eigenvalue weighted by molar-refractivity contribution is -0.126. The number of para-hydroxylation sites is 1. The Morgan fingerprint density at radius 1 is 1.13 bits per heavy atom. The van der Waals surface area contributed by atoms with Gasteiger partial charge in [-0.25, -0.2) is 14.3 Å². The minimum absolute atomic E-state index is 0.0838. The molecular weight excluding hydrogens is 512 g/mol. The van der Waals surface area contributed by atoms with E-state index in [0.717, 1.165) is 35.2 Å². The molecule has 1 saturated heterocycles. The second kappa shape index (κ2) is 11.0. The van der Waals surface area contributed by atoms with Crippen LogP contribution in [0.2, 0.25) is 5.02 Å². The number of aryl methyl sites for hydroxylation is 2. The fourth-order valence-corrected chi connectivity index (χ4v) is 5.60. The molecule has 8 nitrogen and oxygen atoms in total. The Morgan fingerprint density at radius 3 is 2.49 bits per heavy atom. The van der Waals surface area contributed by atoms with Crippen molar-refractivity contribution >= 4 is 34.4 Å². The summed E-state index contributed by atoms with van der Waals surface area (Å²) in [7, 11) is 0. The van der Waals surface area contributed by atoms with E-state index in [4.69, 9.17) is 16.6 Å². The zero-order valence-electron chi connectivity index (χ0n) is 22.4. The number of anilines is 1. The summed E-state index contributed by atoms with van der Waals surface area (Å²) in [5.74, 6) is 0.410. The van der Waals surface area contributed by atoms with Crippen molar-refractivity contribution in [2.75, 3.05) is 24.5 Å². The second-order valence-electron chi connectivity index (χ2n) is 9.65. The molecule has 1 aromatic carbocycles. The first-order chi connectivity index (χ1) is 18.9. The highest BCUT2D eigenvalue weighted by molar-refractivity contribution is 6.33. The molecule has 4 aromatic rings. The van der Waals surface area contributed by atoms with Crippen molar-refractivity contribution in [2.24, 2.45) is 0 Å². The van der Waals surface area contributed by atoms with Crippen molar-refractivity contribution in [3.05, 3.63) is 88.1 Å². The molecule has 1 aliphatic rings. The zero-order valence-corrected chi connectivity index (χ0v) is 23.1. The molecular formula is C30H31ClN6O2. The summed E-state index contributed by atoms with van der Waals surface area (Å²) in [6.07, 6.45) is 6.23. The predicted molar refractivity (Wildman–Crippen MR) is 156 cm³/mol. The monoisotopic (exact) mass is 542 g/mol. The van der Waals surface area contributed by atoms with E-state index >= 15 is 0 Å². The number of halogens is 1. The minimum Gasteiger partial charge on any atom is -0.350 e. The average molecular weight is 543 g/mol. The van der Waals surface area contributed by atoms with Gasteiger partial charge in [-0.3, -0.25) is 9.78 Å². The van der Waals surface area contributed by atoms with Crippen LogP contribution in [-0.4, -0.2) is 56.0 Å². The first-order valence-electron chi connectivity index (χ1n) is 13.2. The second-order valence-corrected chi connectivity index (χ2v) is 10.1. The molecule has 1 atom stereocenters. The van der Waals surface area contributed by atoms with Crippen molar-refractivity contribution in [1.82, 2.24) is 24.4 Å². The number of rotatable bonds is 6. The van der Waals surface area contributed by atoms with Gasteiger partial charge in [0, 0.05) is 43.6 Å². The van der Waals surface area contributed by atoms with Gasteiger partial charge >= 0.3 is 5.69 Å². The molecule has 1 aliphatic heterocycles. The van der Waals surface area contributed by atoms with E-state index in [2.05, 4.69) is 35.3 Å². The van der Waals surface area contributed by atoms with Gasteiger partial charge in [0.05, 0.1) is 21.8 Å². The maximum absolute atomic E-state index is 14.0. The van der Waals surface area contributed by atoms with E-state index in [9.17, 15) is 9.59 Å². The van der Waals surface area contributed by atoms with Gasteiger partial charge in [-0.2, -0.15) is 4.98 Å². The predicted octanol–water partition coefficient (Wildman–Crippen LogP) is 4.84. The molecule has 9 heteroatoms. The Hall–Kier alpha value is -4.04. The molecule has 1 fully saturated rings. The van der Waals surface area contributed by atoms with E-state index in [-0.39, 0.29) is 11.9 Å². The van der Waals surface area contributed by atoms with Gasteiger partial charge in [0.15, 0.2) is 5.65 Å². The molecule has 0 bridgehead atoms. The summed E-state index contributed by atoms with van der Waals surface area (Å²) < 4.78 is 1.63. The zero-order chi connectivity index (χ0) is 27.7. The van der Waals surface area contributed by atoms with Gasteiger partial charge in [0.1, 0.15) is 5.82 Å². The van der Waals surface area contributed by atoms with E-state index in [1.165, 1.54) is 6.08 Å². The number of piperazine rings is 1. The van der Waals surface area contributed by atoms with Gasteiger partial charge in [0.25, 0.3) is 0 Å². The maximum Gasteiger partial charge on any atom is 0.355 e. The Kier molecular flexibility index (Phi) is 7.48. The van der Waals surface area contributed by atoms with Crippen LogP contribution in [0, 0.1) is 0 Å². The van der Waals surface area contributed by atoms with Crippen molar-refractivity contribution < 1.29 is 4.79 Å². The smallest absolute Gasteiger partial charge is 0.350 e. The molecule has 0 spiro atoms. The largest absolute Gasteiger partial charge is 0.355 e. The van der Waals surface area contributed by atoms with Gasteiger partial charge in [-0.1, -0.05) is 50.2 Å². The lowest BCUT2D eigenvalue weighted by Gasteiger charge is -2.40. The van der Waals surface area contributed by atoms with Crippen molar-refractivity contribution in [1.29, 1.82) is 0 Å². The van der Waals surface area contributed by atoms with E-state index in [1.54, 1.807) is 21.9 Å². The average Bonchev–Trinajstić information content (AvgIpc) is 2.96. The quantitative estimate of drug-likeness (QED) is 0.324. The minimum atomic E-state index is -0.406. The highest BCUT2D eigenvalue weighted by Crippen LogP contribution is 2.35. The van der Waals surface area contributed by atoms with Gasteiger partial charge in [0.2, 0.25) is 5.91 Å². The van der Waals surface area contributed by atoms with E-state index in [1.807, 2.05) is 43.3 Å². The third-order valence-electron chi connectivity index (χ3n) is 7.31. The number of fused-ring (bicyclic) bond motifs is 1. The number of hydrogen-bond donors (Lipinski definition) is 0. The molecule has 5 rings (SSSR count). The summed E-state index contributed by atoms with van der Waals surface area (Å²) >= 11 is 6.84. The molecule has 3 aromatic heterocycles. The van der Waals surface area contributed by atoms with Crippen LogP contribution in [0.1, 0.15) is 31.9 Å². The number of nitrogens with zero attached hydrogens (tertiary/aromatic N) is 6. The highest BCUT2D eigenvalue weighted by Gasteiger charge is 2.30. The summed E-state index contributed by atoms with van der Waals surface area (Å²) in [6.45, 7) is 11.3. The molecule has 0 N–H and O–H groups in total. The van der Waals surface area contributed by atoms with E-state index in [0.29, 0.717) is 47.2 Å². The van der Waals surface area contributed by atoms with E-state index < -0.39 is 5.69 Å². The lowest BCUT2D eigenvalue weighted by Crippen LogP contribution is -2.54. The van der Waals surface area contributed by atoms with Crippen LogP contribution >= 0.6 is 11.6 Å². The fourth-order valence-electron chi connectivity index (χ4n) is 5.34. The first-order valence-corrected chi connectivity index (χ1v) is 13.6. The molecule has 39 heavy (non-hydrogen) atoms. The van der Waals surface area contributed by atoms with Gasteiger partial charge in [-0.05, 0) is 55.2 Å². The molecule has 0 aliphatic carbocycles. The molecule has 0 radical (unpaired) electrons. The molecule has 200 valence electrons. The van der Waals surface area contributed by atoms with Crippen LogP contribution in [0.15, 0.2) is 66.2 Å². The SMILES string of the molecule is C=CC(=O)N1CCN(c2nc(=O)n(-c3c(CC)cccc3CC)c3nc(-c4cccnc4)c(Cl)cc23)[C@@H](C)C1. The standard InChI is InChI=1S/C30H31ClN6O2/c1-5-20-10-8-11-21(6-2)27(20)37-29-23(16-24(31)26(33-29)22-12-9-13-32-17-22)28(34-30(37)39)36-15-14-35(18-19(36)4)25(38)7-3/h7-13,16-17,19H,3,5-6,14-15,18H2,1-2,4H3/t19-/m0/s1. The summed E-state index contributed by atoms with van der Waals surface area (Å²) in [5, 5.41) is 1.12. The third-order valence-corrected chi connectivity index (χ3v) is 7.60. The topological polar surface area (TPSA) is 84.2 Å². The number of carbonyl (C=O) groups is 1. The highest BCUT2D eigenvalue weighted by atomic mass is 35.5.